The van der Waals surface area contributed by atoms with Gasteiger partial charge in [0.25, 0.3) is 0 Å². The van der Waals surface area contributed by atoms with Gasteiger partial charge in [0.15, 0.2) is 0 Å². The Balaban J connectivity index is 1.26. The quantitative estimate of drug-likeness (QED) is 0.479. The van der Waals surface area contributed by atoms with E-state index in [0.29, 0.717) is 24.1 Å². The standard InChI is InChI=1S/C21H19N5O3S2/c27-20(8-7-19-24-16-5-1-2-6-17(16)30-19)25-10-12-26(13-11-25)31(28,29)18-14-23-21-15(18)4-3-9-22-21/h1-9,14H,10-13H2,(H,22,23)/b8-7+. The Kier molecular flexibility index (Phi) is 5.05. The number of aromatic amines is 1. The van der Waals surface area contributed by atoms with Crippen LogP contribution in [0.25, 0.3) is 27.3 Å². The van der Waals surface area contributed by atoms with Gasteiger partial charge in [0, 0.05) is 50.0 Å². The van der Waals surface area contributed by atoms with Crippen LogP contribution in [0.4, 0.5) is 0 Å². The SMILES string of the molecule is O=C(/C=C/c1nc2ccccc2s1)N1CCN(S(=O)(=O)c2c[nH]c3ncccc23)CC1. The van der Waals surface area contributed by atoms with Crippen molar-refractivity contribution in [3.63, 3.8) is 0 Å². The predicted octanol–water partition coefficient (Wildman–Crippen LogP) is 2.72. The maximum absolute atomic E-state index is 13.1. The number of nitrogens with zero attached hydrogens (tertiary/aromatic N) is 4. The molecule has 0 unspecified atom stereocenters. The summed E-state index contributed by atoms with van der Waals surface area (Å²) in [4.78, 5) is 26.0. The van der Waals surface area contributed by atoms with E-state index in [4.69, 9.17) is 0 Å². The first kappa shape index (κ1) is 19.9. The van der Waals surface area contributed by atoms with Crippen LogP contribution in [0.5, 0.6) is 0 Å². The summed E-state index contributed by atoms with van der Waals surface area (Å²) in [5.41, 5.74) is 1.45. The van der Waals surface area contributed by atoms with E-state index in [1.807, 2.05) is 24.3 Å². The summed E-state index contributed by atoms with van der Waals surface area (Å²) < 4.78 is 28.7. The van der Waals surface area contributed by atoms with Gasteiger partial charge in [0.2, 0.25) is 15.9 Å². The minimum atomic E-state index is -3.67. The van der Waals surface area contributed by atoms with E-state index in [1.54, 1.807) is 29.3 Å². The second-order valence-electron chi connectivity index (χ2n) is 7.14. The van der Waals surface area contributed by atoms with Crippen molar-refractivity contribution in [1.82, 2.24) is 24.2 Å². The van der Waals surface area contributed by atoms with Crippen LogP contribution in [0.15, 0.2) is 59.8 Å². The normalized spacial score (nSPS) is 15.9. The minimum absolute atomic E-state index is 0.146. The van der Waals surface area contributed by atoms with Gasteiger partial charge >= 0.3 is 0 Å². The number of nitrogens with one attached hydrogen (secondary N) is 1. The number of pyridine rings is 1. The Morgan fingerprint density at radius 3 is 2.71 bits per heavy atom. The van der Waals surface area contributed by atoms with Crippen molar-refractivity contribution in [3.8, 4) is 0 Å². The van der Waals surface area contributed by atoms with Crippen LogP contribution < -0.4 is 0 Å². The molecule has 31 heavy (non-hydrogen) atoms. The summed E-state index contributed by atoms with van der Waals surface area (Å²) in [6.45, 7) is 1.16. The molecule has 1 saturated heterocycles. The van der Waals surface area contributed by atoms with E-state index < -0.39 is 10.0 Å². The number of amides is 1. The number of hydrogen-bond acceptors (Lipinski definition) is 6. The summed E-state index contributed by atoms with van der Waals surface area (Å²) in [5.74, 6) is -0.146. The van der Waals surface area contributed by atoms with E-state index >= 15 is 0 Å². The van der Waals surface area contributed by atoms with Gasteiger partial charge in [-0.05, 0) is 30.3 Å². The summed E-state index contributed by atoms with van der Waals surface area (Å²) in [6, 6.07) is 11.3. The van der Waals surface area contributed by atoms with Crippen molar-refractivity contribution < 1.29 is 13.2 Å². The van der Waals surface area contributed by atoms with Gasteiger partial charge < -0.3 is 9.88 Å². The highest BCUT2D eigenvalue weighted by atomic mass is 32.2. The Bertz CT molecular complexity index is 1370. The highest BCUT2D eigenvalue weighted by Crippen LogP contribution is 2.25. The number of aromatic nitrogens is 3. The number of thiazole rings is 1. The molecular formula is C21H19N5O3S2. The first-order chi connectivity index (χ1) is 15.0. The zero-order valence-corrected chi connectivity index (χ0v) is 18.1. The van der Waals surface area contributed by atoms with E-state index in [2.05, 4.69) is 15.0 Å². The number of para-hydroxylation sites is 1. The molecule has 4 aromatic rings. The lowest BCUT2D eigenvalue weighted by Gasteiger charge is -2.33. The number of benzene rings is 1. The third-order valence-electron chi connectivity index (χ3n) is 5.26. The second-order valence-corrected chi connectivity index (χ2v) is 10.1. The summed E-state index contributed by atoms with van der Waals surface area (Å²) >= 11 is 1.52. The Morgan fingerprint density at radius 1 is 1.10 bits per heavy atom. The fourth-order valence-corrected chi connectivity index (χ4v) is 6.08. The molecule has 10 heteroatoms. The molecule has 1 fully saturated rings. The van der Waals surface area contributed by atoms with Crippen molar-refractivity contribution >= 4 is 54.6 Å². The summed E-state index contributed by atoms with van der Waals surface area (Å²) in [7, 11) is -3.67. The third-order valence-corrected chi connectivity index (χ3v) is 8.20. The molecule has 0 aliphatic carbocycles. The Labute approximate surface area is 182 Å². The van der Waals surface area contributed by atoms with Crippen LogP contribution >= 0.6 is 11.3 Å². The van der Waals surface area contributed by atoms with Gasteiger partial charge in [-0.2, -0.15) is 4.31 Å². The summed E-state index contributed by atoms with van der Waals surface area (Å²) in [5, 5.41) is 1.34. The number of fused-ring (bicyclic) bond motifs is 2. The molecule has 1 aliphatic heterocycles. The molecule has 8 nitrogen and oxygen atoms in total. The number of carbonyl (C=O) groups is 1. The zero-order chi connectivity index (χ0) is 21.4. The van der Waals surface area contributed by atoms with Gasteiger partial charge in [-0.15, -0.1) is 11.3 Å². The predicted molar refractivity (Wildman–Crippen MR) is 120 cm³/mol. The molecule has 1 amide bonds. The Morgan fingerprint density at radius 2 is 1.90 bits per heavy atom. The largest absolute Gasteiger partial charge is 0.345 e. The molecular weight excluding hydrogens is 434 g/mol. The second kappa shape index (κ2) is 7.88. The van der Waals surface area contributed by atoms with Gasteiger partial charge in [-0.3, -0.25) is 4.79 Å². The van der Waals surface area contributed by atoms with Crippen molar-refractivity contribution in [1.29, 1.82) is 0 Å². The van der Waals surface area contributed by atoms with Crippen LogP contribution in [0.2, 0.25) is 0 Å². The molecule has 0 bridgehead atoms. The highest BCUT2D eigenvalue weighted by molar-refractivity contribution is 7.89. The molecule has 1 aliphatic rings. The molecule has 0 radical (unpaired) electrons. The lowest BCUT2D eigenvalue weighted by Crippen LogP contribution is -2.50. The number of carbonyl (C=O) groups excluding carboxylic acids is 1. The molecule has 0 saturated carbocycles. The van der Waals surface area contributed by atoms with Crippen LogP contribution in [-0.2, 0) is 14.8 Å². The van der Waals surface area contributed by atoms with E-state index in [-0.39, 0.29) is 23.9 Å². The van der Waals surface area contributed by atoms with Gasteiger partial charge in [0.1, 0.15) is 15.6 Å². The van der Waals surface area contributed by atoms with Crippen LogP contribution in [0.1, 0.15) is 5.01 Å². The van der Waals surface area contributed by atoms with E-state index in [1.165, 1.54) is 27.9 Å². The molecule has 4 heterocycles. The molecule has 158 valence electrons. The number of rotatable bonds is 4. The average Bonchev–Trinajstić information content (AvgIpc) is 3.42. The summed E-state index contributed by atoms with van der Waals surface area (Å²) in [6.07, 6.45) is 6.31. The number of hydrogen-bond donors (Lipinski definition) is 1. The number of sulfonamides is 1. The number of piperazine rings is 1. The lowest BCUT2D eigenvalue weighted by atomic mass is 10.3. The van der Waals surface area contributed by atoms with Crippen LogP contribution in [0.3, 0.4) is 0 Å². The van der Waals surface area contributed by atoms with Crippen molar-refractivity contribution in [2.24, 2.45) is 0 Å². The minimum Gasteiger partial charge on any atom is -0.345 e. The monoisotopic (exact) mass is 453 g/mol. The molecule has 5 rings (SSSR count). The fourth-order valence-electron chi connectivity index (χ4n) is 3.64. The fraction of sp³-hybridized carbons (Fsp3) is 0.190. The molecule has 0 spiro atoms. The van der Waals surface area contributed by atoms with E-state index in [9.17, 15) is 13.2 Å². The lowest BCUT2D eigenvalue weighted by molar-refractivity contribution is -0.127. The average molecular weight is 454 g/mol. The molecule has 1 aromatic carbocycles. The van der Waals surface area contributed by atoms with Crippen molar-refractivity contribution in [2.45, 2.75) is 4.90 Å². The maximum atomic E-state index is 13.1. The molecule has 0 atom stereocenters. The maximum Gasteiger partial charge on any atom is 0.246 e. The molecule has 3 aromatic heterocycles. The van der Waals surface area contributed by atoms with Crippen molar-refractivity contribution in [2.75, 3.05) is 26.2 Å². The van der Waals surface area contributed by atoms with E-state index in [0.717, 1.165) is 15.2 Å². The molecule has 1 N–H and O–H groups in total. The first-order valence-electron chi connectivity index (χ1n) is 9.77. The van der Waals surface area contributed by atoms with Gasteiger partial charge in [-0.25, -0.2) is 18.4 Å². The van der Waals surface area contributed by atoms with Crippen LogP contribution in [0, 0.1) is 0 Å². The van der Waals surface area contributed by atoms with Gasteiger partial charge in [-0.1, -0.05) is 12.1 Å². The van der Waals surface area contributed by atoms with Gasteiger partial charge in [0.05, 0.1) is 10.2 Å². The smallest absolute Gasteiger partial charge is 0.246 e. The topological polar surface area (TPSA) is 99.3 Å². The first-order valence-corrected chi connectivity index (χ1v) is 12.0. The van der Waals surface area contributed by atoms with Crippen molar-refractivity contribution in [3.05, 3.63) is 59.9 Å². The third kappa shape index (κ3) is 3.73. The number of H-pyrrole nitrogens is 1. The highest BCUT2D eigenvalue weighted by Gasteiger charge is 2.31. The Hall–Kier alpha value is -3.08. The van der Waals surface area contributed by atoms with Crippen LogP contribution in [-0.4, -0.2) is 64.7 Å². The zero-order valence-electron chi connectivity index (χ0n) is 16.4.